The lowest BCUT2D eigenvalue weighted by molar-refractivity contribution is 0.711. The Labute approximate surface area is 105 Å². The zero-order valence-electron chi connectivity index (χ0n) is 10.2. The molecule has 2 N–H and O–H groups in total. The predicted octanol–water partition coefficient (Wildman–Crippen LogP) is 1.28. The number of hydrogen-bond donors (Lipinski definition) is 1. The first-order valence-electron chi connectivity index (χ1n) is 5.90. The molecule has 5 nitrogen and oxygen atoms in total. The summed E-state index contributed by atoms with van der Waals surface area (Å²) in [5.74, 6) is 0. The van der Waals surface area contributed by atoms with E-state index in [1.54, 1.807) is 4.68 Å². The lowest BCUT2D eigenvalue weighted by Gasteiger charge is -2.04. The van der Waals surface area contributed by atoms with Gasteiger partial charge in [0.1, 0.15) is 5.69 Å². The summed E-state index contributed by atoms with van der Waals surface area (Å²) in [5, 5.41) is 9.26. The minimum absolute atomic E-state index is 0.562. The van der Waals surface area contributed by atoms with Crippen LogP contribution in [-0.2, 0) is 20.1 Å². The Morgan fingerprint density at radius 2 is 2.17 bits per heavy atom. The van der Waals surface area contributed by atoms with Gasteiger partial charge >= 0.3 is 0 Å². The molecule has 0 aliphatic rings. The molecule has 2 aromatic heterocycles. The fraction of sp³-hybridized carbons (Fsp3) is 0.231. The fourth-order valence-corrected chi connectivity index (χ4v) is 2.25. The van der Waals surface area contributed by atoms with Gasteiger partial charge in [0.15, 0.2) is 0 Å². The highest BCUT2D eigenvalue weighted by atomic mass is 15.4. The topological polar surface area (TPSA) is 61.7 Å². The molecule has 0 bridgehead atoms. The van der Waals surface area contributed by atoms with Crippen molar-refractivity contribution in [2.24, 2.45) is 12.8 Å². The zero-order valence-corrected chi connectivity index (χ0v) is 10.2. The lowest BCUT2D eigenvalue weighted by Crippen LogP contribution is -2.00. The SMILES string of the molecule is Cn1cc(Cn2ccc3c(CN)cccc32)nn1. The largest absolute Gasteiger partial charge is 0.341 e. The Bertz CT molecular complexity index is 680. The first kappa shape index (κ1) is 11.0. The molecule has 0 spiro atoms. The van der Waals surface area contributed by atoms with Crippen molar-refractivity contribution in [3.63, 3.8) is 0 Å². The van der Waals surface area contributed by atoms with Gasteiger partial charge in [0.25, 0.3) is 0 Å². The van der Waals surface area contributed by atoms with Crippen LogP contribution in [0.5, 0.6) is 0 Å². The van der Waals surface area contributed by atoms with E-state index in [-0.39, 0.29) is 0 Å². The molecule has 5 heteroatoms. The van der Waals surface area contributed by atoms with Gasteiger partial charge in [-0.2, -0.15) is 0 Å². The molecule has 0 aliphatic heterocycles. The summed E-state index contributed by atoms with van der Waals surface area (Å²) in [7, 11) is 1.87. The highest BCUT2D eigenvalue weighted by Crippen LogP contribution is 2.20. The van der Waals surface area contributed by atoms with Crippen LogP contribution in [0.15, 0.2) is 36.7 Å². The van der Waals surface area contributed by atoms with E-state index in [1.807, 2.05) is 19.3 Å². The molecule has 92 valence electrons. The maximum atomic E-state index is 5.75. The van der Waals surface area contributed by atoms with Crippen molar-refractivity contribution in [2.75, 3.05) is 0 Å². The maximum absolute atomic E-state index is 5.75. The predicted molar refractivity (Wildman–Crippen MR) is 69.9 cm³/mol. The number of aromatic nitrogens is 4. The summed E-state index contributed by atoms with van der Waals surface area (Å²) in [4.78, 5) is 0. The van der Waals surface area contributed by atoms with Crippen LogP contribution in [-0.4, -0.2) is 19.6 Å². The average molecular weight is 241 g/mol. The van der Waals surface area contributed by atoms with Crippen LogP contribution in [0.4, 0.5) is 0 Å². The molecule has 0 unspecified atom stereocenters. The number of aryl methyl sites for hydroxylation is 1. The molecule has 18 heavy (non-hydrogen) atoms. The Kier molecular flexibility index (Phi) is 2.60. The fourth-order valence-electron chi connectivity index (χ4n) is 2.25. The van der Waals surface area contributed by atoms with Crippen LogP contribution >= 0.6 is 0 Å². The molecule has 3 aromatic rings. The van der Waals surface area contributed by atoms with Gasteiger partial charge in [-0.05, 0) is 17.7 Å². The molecule has 0 fully saturated rings. The molecular weight excluding hydrogens is 226 g/mol. The Morgan fingerprint density at radius 1 is 1.28 bits per heavy atom. The molecule has 0 amide bonds. The summed E-state index contributed by atoms with van der Waals surface area (Å²) in [6, 6.07) is 8.31. The minimum Gasteiger partial charge on any atom is -0.341 e. The van der Waals surface area contributed by atoms with Gasteiger partial charge in [-0.3, -0.25) is 4.68 Å². The quantitative estimate of drug-likeness (QED) is 0.751. The van der Waals surface area contributed by atoms with Crippen molar-refractivity contribution < 1.29 is 0 Å². The van der Waals surface area contributed by atoms with Gasteiger partial charge in [0.05, 0.1) is 6.54 Å². The first-order valence-corrected chi connectivity index (χ1v) is 5.90. The van der Waals surface area contributed by atoms with Gasteiger partial charge in [-0.25, -0.2) is 0 Å². The van der Waals surface area contributed by atoms with E-state index in [9.17, 15) is 0 Å². The van der Waals surface area contributed by atoms with Crippen LogP contribution in [0.1, 0.15) is 11.3 Å². The van der Waals surface area contributed by atoms with E-state index in [4.69, 9.17) is 5.73 Å². The van der Waals surface area contributed by atoms with Crippen LogP contribution in [0.2, 0.25) is 0 Å². The van der Waals surface area contributed by atoms with E-state index in [0.717, 1.165) is 12.2 Å². The highest BCUT2D eigenvalue weighted by molar-refractivity contribution is 5.83. The standard InChI is InChI=1S/C13H15N5/c1-17-8-11(15-16-17)9-18-6-5-12-10(7-14)3-2-4-13(12)18/h2-6,8H,7,9,14H2,1H3. The summed E-state index contributed by atoms with van der Waals surface area (Å²) >= 11 is 0. The minimum atomic E-state index is 0.562. The van der Waals surface area contributed by atoms with Gasteiger partial charge in [-0.15, -0.1) is 5.10 Å². The van der Waals surface area contributed by atoms with Gasteiger partial charge in [0, 0.05) is 36.9 Å². The molecule has 0 radical (unpaired) electrons. The second kappa shape index (κ2) is 4.27. The van der Waals surface area contributed by atoms with E-state index in [2.05, 4.69) is 39.3 Å². The number of fused-ring (bicyclic) bond motifs is 1. The Hall–Kier alpha value is -2.14. The third kappa shape index (κ3) is 1.78. The van der Waals surface area contributed by atoms with Crippen LogP contribution < -0.4 is 5.73 Å². The Balaban J connectivity index is 2.02. The van der Waals surface area contributed by atoms with Crippen LogP contribution in [0, 0.1) is 0 Å². The molecule has 0 saturated carbocycles. The first-order chi connectivity index (χ1) is 8.78. The number of benzene rings is 1. The lowest BCUT2D eigenvalue weighted by atomic mass is 10.1. The zero-order chi connectivity index (χ0) is 12.5. The number of rotatable bonds is 3. The van der Waals surface area contributed by atoms with Crippen molar-refractivity contribution in [3.05, 3.63) is 47.9 Å². The number of nitrogens with zero attached hydrogens (tertiary/aromatic N) is 4. The summed E-state index contributed by atoms with van der Waals surface area (Å²) in [5.41, 5.74) is 9.05. The third-order valence-corrected chi connectivity index (χ3v) is 3.11. The second-order valence-electron chi connectivity index (χ2n) is 4.38. The molecular formula is C13H15N5. The monoisotopic (exact) mass is 241 g/mol. The summed E-state index contributed by atoms with van der Waals surface area (Å²) in [6.07, 6.45) is 4.00. The van der Waals surface area contributed by atoms with Crippen molar-refractivity contribution in [1.82, 2.24) is 19.6 Å². The molecule has 3 rings (SSSR count). The smallest absolute Gasteiger partial charge is 0.102 e. The van der Waals surface area contributed by atoms with Gasteiger partial charge in [0.2, 0.25) is 0 Å². The molecule has 0 aliphatic carbocycles. The molecule has 0 saturated heterocycles. The highest BCUT2D eigenvalue weighted by Gasteiger charge is 2.06. The third-order valence-electron chi connectivity index (χ3n) is 3.11. The molecule has 2 heterocycles. The van der Waals surface area contributed by atoms with E-state index in [1.165, 1.54) is 16.5 Å². The van der Waals surface area contributed by atoms with Crippen molar-refractivity contribution in [3.8, 4) is 0 Å². The summed E-state index contributed by atoms with van der Waals surface area (Å²) < 4.78 is 3.88. The summed E-state index contributed by atoms with van der Waals surface area (Å²) in [6.45, 7) is 1.29. The maximum Gasteiger partial charge on any atom is 0.102 e. The molecule has 1 aromatic carbocycles. The normalized spacial score (nSPS) is 11.2. The van der Waals surface area contributed by atoms with E-state index >= 15 is 0 Å². The number of nitrogens with two attached hydrogens (primary N) is 1. The van der Waals surface area contributed by atoms with Crippen molar-refractivity contribution in [2.45, 2.75) is 13.1 Å². The van der Waals surface area contributed by atoms with Gasteiger partial charge < -0.3 is 10.3 Å². The Morgan fingerprint density at radius 3 is 2.89 bits per heavy atom. The van der Waals surface area contributed by atoms with E-state index in [0.29, 0.717) is 6.54 Å². The van der Waals surface area contributed by atoms with Crippen LogP contribution in [0.25, 0.3) is 10.9 Å². The van der Waals surface area contributed by atoms with Gasteiger partial charge in [-0.1, -0.05) is 17.3 Å². The van der Waals surface area contributed by atoms with Crippen molar-refractivity contribution >= 4 is 10.9 Å². The second-order valence-corrected chi connectivity index (χ2v) is 4.38. The van der Waals surface area contributed by atoms with E-state index < -0.39 is 0 Å². The average Bonchev–Trinajstić information content (AvgIpc) is 2.97. The van der Waals surface area contributed by atoms with Crippen molar-refractivity contribution in [1.29, 1.82) is 0 Å². The molecule has 0 atom stereocenters. The number of hydrogen-bond acceptors (Lipinski definition) is 3. The van der Waals surface area contributed by atoms with Crippen LogP contribution in [0.3, 0.4) is 0 Å².